The molecule has 0 spiro atoms. The summed E-state index contributed by atoms with van der Waals surface area (Å²) in [6.07, 6.45) is 0.400. The lowest BCUT2D eigenvalue weighted by Gasteiger charge is -2.26. The van der Waals surface area contributed by atoms with Crippen LogP contribution in [0.15, 0.2) is 76.0 Å². The Morgan fingerprint density at radius 3 is 2.51 bits per heavy atom. The molecule has 35 heavy (non-hydrogen) atoms. The molecule has 9 nitrogen and oxygen atoms in total. The largest absolute Gasteiger partial charge is 0.461 e. The predicted octanol–water partition coefficient (Wildman–Crippen LogP) is 3.08. The van der Waals surface area contributed by atoms with Crippen molar-refractivity contribution in [2.75, 3.05) is 38.2 Å². The summed E-state index contributed by atoms with van der Waals surface area (Å²) in [4.78, 5) is 24.4. The van der Waals surface area contributed by atoms with E-state index in [0.29, 0.717) is 36.8 Å². The summed E-state index contributed by atoms with van der Waals surface area (Å²) in [6, 6.07) is 19.2. The van der Waals surface area contributed by atoms with Crippen LogP contribution >= 0.6 is 0 Å². The molecule has 0 atom stereocenters. The van der Waals surface area contributed by atoms with Crippen molar-refractivity contribution in [3.63, 3.8) is 0 Å². The Kier molecular flexibility index (Phi) is 7.96. The monoisotopic (exact) mass is 498 g/mol. The van der Waals surface area contributed by atoms with Crippen LogP contribution in [0, 0.1) is 0 Å². The summed E-state index contributed by atoms with van der Waals surface area (Å²) < 4.78 is 42.9. The van der Waals surface area contributed by atoms with Crippen molar-refractivity contribution in [1.82, 2.24) is 4.31 Å². The number of furan rings is 1. The smallest absolute Gasteiger partial charge is 0.306 e. The Hall–Kier alpha value is -3.47. The van der Waals surface area contributed by atoms with Crippen molar-refractivity contribution in [1.29, 1.82) is 0 Å². The number of sulfonamides is 1. The molecule has 1 amide bonds. The lowest BCUT2D eigenvalue weighted by Crippen LogP contribution is -2.40. The zero-order valence-corrected chi connectivity index (χ0v) is 19.8. The van der Waals surface area contributed by atoms with Crippen LogP contribution in [0.3, 0.4) is 0 Å². The molecule has 1 saturated heterocycles. The van der Waals surface area contributed by atoms with Gasteiger partial charge in [0.25, 0.3) is 5.91 Å². The van der Waals surface area contributed by atoms with E-state index in [1.807, 2.05) is 36.4 Å². The minimum absolute atomic E-state index is 0.0578. The van der Waals surface area contributed by atoms with Crippen molar-refractivity contribution in [3.05, 3.63) is 72.5 Å². The summed E-state index contributed by atoms with van der Waals surface area (Å²) in [5.41, 5.74) is 1.24. The van der Waals surface area contributed by atoms with E-state index in [2.05, 4.69) is 5.32 Å². The van der Waals surface area contributed by atoms with E-state index in [-0.39, 0.29) is 24.4 Å². The zero-order valence-electron chi connectivity index (χ0n) is 19.0. The number of hydrogen-bond acceptors (Lipinski definition) is 7. The molecule has 3 aromatic rings. The molecule has 0 bridgehead atoms. The third-order valence-electron chi connectivity index (χ3n) is 5.39. The maximum atomic E-state index is 12.8. The van der Waals surface area contributed by atoms with E-state index in [0.717, 1.165) is 5.56 Å². The summed E-state index contributed by atoms with van der Waals surface area (Å²) in [5, 5.41) is 2.57. The predicted molar refractivity (Wildman–Crippen MR) is 128 cm³/mol. The summed E-state index contributed by atoms with van der Waals surface area (Å²) >= 11 is 0. The fourth-order valence-electron chi connectivity index (χ4n) is 3.58. The van der Waals surface area contributed by atoms with Gasteiger partial charge in [0.2, 0.25) is 10.0 Å². The molecule has 1 N–H and O–H groups in total. The van der Waals surface area contributed by atoms with Crippen LogP contribution in [0.5, 0.6) is 0 Å². The number of morpholine rings is 1. The maximum Gasteiger partial charge on any atom is 0.306 e. The third-order valence-corrected chi connectivity index (χ3v) is 7.28. The van der Waals surface area contributed by atoms with Crippen molar-refractivity contribution >= 4 is 27.6 Å². The average Bonchev–Trinajstić information content (AvgIpc) is 3.37. The molecule has 2 aromatic carbocycles. The van der Waals surface area contributed by atoms with Gasteiger partial charge >= 0.3 is 5.97 Å². The van der Waals surface area contributed by atoms with Crippen LogP contribution in [0.2, 0.25) is 0 Å². The highest BCUT2D eigenvalue weighted by molar-refractivity contribution is 7.89. The second kappa shape index (κ2) is 11.3. The van der Waals surface area contributed by atoms with Gasteiger partial charge in [0.1, 0.15) is 11.5 Å². The number of rotatable bonds is 9. The van der Waals surface area contributed by atoms with E-state index < -0.39 is 28.5 Å². The first-order valence-electron chi connectivity index (χ1n) is 11.2. The highest BCUT2D eigenvalue weighted by Gasteiger charge is 2.26. The fraction of sp³-hybridized carbons (Fsp3) is 0.280. The normalized spacial score (nSPS) is 14.4. The molecular weight excluding hydrogens is 472 g/mol. The second-order valence-corrected chi connectivity index (χ2v) is 9.82. The van der Waals surface area contributed by atoms with Gasteiger partial charge in [0.15, 0.2) is 6.61 Å². The Labute approximate surface area is 203 Å². The number of carbonyl (C=O) groups is 2. The Morgan fingerprint density at radius 2 is 1.74 bits per heavy atom. The Balaban J connectivity index is 1.24. The lowest BCUT2D eigenvalue weighted by molar-refractivity contribution is -0.147. The first kappa shape index (κ1) is 24.6. The quantitative estimate of drug-likeness (QED) is 0.451. The van der Waals surface area contributed by atoms with Crippen molar-refractivity contribution in [3.8, 4) is 11.3 Å². The highest BCUT2D eigenvalue weighted by Crippen LogP contribution is 2.23. The molecule has 10 heteroatoms. The number of nitrogens with one attached hydrogen (secondary N) is 1. The van der Waals surface area contributed by atoms with Crippen LogP contribution in [-0.4, -0.2) is 57.5 Å². The number of nitrogens with zero attached hydrogens (tertiary/aromatic N) is 1. The SMILES string of the molecule is O=C(COC(=O)CCc1ccc(-c2ccccc2)o1)Nc1cccc(S(=O)(=O)N2CCOCC2)c1. The fourth-order valence-corrected chi connectivity index (χ4v) is 5.04. The first-order valence-corrected chi connectivity index (χ1v) is 12.6. The Morgan fingerprint density at radius 1 is 0.971 bits per heavy atom. The first-order chi connectivity index (χ1) is 16.9. The van der Waals surface area contributed by atoms with Crippen LogP contribution in [0.25, 0.3) is 11.3 Å². The molecule has 1 aromatic heterocycles. The summed E-state index contributed by atoms with van der Waals surface area (Å²) in [6.45, 7) is 0.762. The van der Waals surface area contributed by atoms with Crippen LogP contribution in [0.1, 0.15) is 12.2 Å². The molecule has 0 radical (unpaired) electrons. The number of benzene rings is 2. The number of hydrogen-bond donors (Lipinski definition) is 1. The van der Waals surface area contributed by atoms with Gasteiger partial charge in [0, 0.05) is 30.8 Å². The van der Waals surface area contributed by atoms with Crippen LogP contribution in [0.4, 0.5) is 5.69 Å². The highest BCUT2D eigenvalue weighted by atomic mass is 32.2. The van der Waals surface area contributed by atoms with Gasteiger partial charge in [-0.05, 0) is 30.3 Å². The number of ether oxygens (including phenoxy) is 2. The van der Waals surface area contributed by atoms with Gasteiger partial charge in [-0.2, -0.15) is 4.31 Å². The van der Waals surface area contributed by atoms with Gasteiger partial charge in [-0.15, -0.1) is 0 Å². The van der Waals surface area contributed by atoms with E-state index in [4.69, 9.17) is 13.9 Å². The van der Waals surface area contributed by atoms with Gasteiger partial charge in [0.05, 0.1) is 24.5 Å². The van der Waals surface area contributed by atoms with Crippen molar-refractivity contribution in [2.24, 2.45) is 0 Å². The topological polar surface area (TPSA) is 115 Å². The maximum absolute atomic E-state index is 12.8. The van der Waals surface area contributed by atoms with Crippen LogP contribution < -0.4 is 5.32 Å². The molecule has 2 heterocycles. The van der Waals surface area contributed by atoms with Gasteiger partial charge < -0.3 is 19.2 Å². The lowest BCUT2D eigenvalue weighted by atomic mass is 10.2. The van der Waals surface area contributed by atoms with Crippen molar-refractivity contribution in [2.45, 2.75) is 17.7 Å². The summed E-state index contributed by atoms with van der Waals surface area (Å²) in [7, 11) is -3.69. The molecule has 4 rings (SSSR count). The average molecular weight is 499 g/mol. The number of aryl methyl sites for hydroxylation is 1. The van der Waals surface area contributed by atoms with Crippen molar-refractivity contribution < 1.29 is 31.9 Å². The Bertz CT molecular complexity index is 1270. The standard InChI is InChI=1S/C25H26N2O7S/c28-24(26-20-7-4-8-22(17-20)35(30,31)27-13-15-32-16-14-27)18-33-25(29)12-10-21-9-11-23(34-21)19-5-2-1-3-6-19/h1-9,11,17H,10,12-16,18H2,(H,26,28). The van der Waals surface area contributed by atoms with E-state index in [1.54, 1.807) is 18.2 Å². The minimum atomic E-state index is -3.69. The van der Waals surface area contributed by atoms with Crippen LogP contribution in [-0.2, 0) is 35.5 Å². The molecule has 1 aliphatic rings. The minimum Gasteiger partial charge on any atom is -0.461 e. The van der Waals surface area contributed by atoms with E-state index in [1.165, 1.54) is 16.4 Å². The molecule has 1 fully saturated rings. The van der Waals surface area contributed by atoms with E-state index >= 15 is 0 Å². The molecule has 1 aliphatic heterocycles. The van der Waals surface area contributed by atoms with E-state index in [9.17, 15) is 18.0 Å². The third kappa shape index (κ3) is 6.56. The molecule has 0 aliphatic carbocycles. The second-order valence-electron chi connectivity index (χ2n) is 7.89. The number of carbonyl (C=O) groups excluding carboxylic acids is 2. The molecular formula is C25H26N2O7S. The number of anilines is 1. The molecule has 184 valence electrons. The summed E-state index contributed by atoms with van der Waals surface area (Å²) in [5.74, 6) is 0.250. The molecule has 0 saturated carbocycles. The molecule has 0 unspecified atom stereocenters. The van der Waals surface area contributed by atoms with Gasteiger partial charge in [-0.1, -0.05) is 36.4 Å². The zero-order chi connectivity index (χ0) is 24.7. The van der Waals surface area contributed by atoms with Gasteiger partial charge in [-0.25, -0.2) is 8.42 Å². The van der Waals surface area contributed by atoms with Gasteiger partial charge in [-0.3, -0.25) is 9.59 Å². The number of esters is 1. The number of amides is 1.